The SMILES string of the molecule is O=C1c2ccccc2C(Br)N1CC(F)(F)F. The van der Waals surface area contributed by atoms with Gasteiger partial charge in [-0.1, -0.05) is 34.1 Å². The monoisotopic (exact) mass is 293 g/mol. The van der Waals surface area contributed by atoms with Gasteiger partial charge in [-0.2, -0.15) is 13.2 Å². The van der Waals surface area contributed by atoms with E-state index >= 15 is 0 Å². The molecule has 0 bridgehead atoms. The maximum atomic E-state index is 12.3. The molecule has 0 saturated carbocycles. The van der Waals surface area contributed by atoms with Gasteiger partial charge in [0.2, 0.25) is 0 Å². The number of hydrogen-bond donors (Lipinski definition) is 0. The summed E-state index contributed by atoms with van der Waals surface area (Å²) < 4.78 is 36.8. The highest BCUT2D eigenvalue weighted by Crippen LogP contribution is 2.39. The van der Waals surface area contributed by atoms with Gasteiger partial charge in [0.25, 0.3) is 5.91 Å². The molecule has 0 spiro atoms. The summed E-state index contributed by atoms with van der Waals surface area (Å²) in [5.74, 6) is -0.588. The number of carbonyl (C=O) groups is 1. The second kappa shape index (κ2) is 3.76. The van der Waals surface area contributed by atoms with Gasteiger partial charge in [-0.15, -0.1) is 0 Å². The fourth-order valence-corrected chi connectivity index (χ4v) is 2.40. The van der Waals surface area contributed by atoms with Gasteiger partial charge in [0.1, 0.15) is 11.5 Å². The number of fused-ring (bicyclic) bond motifs is 1. The molecule has 0 N–H and O–H groups in total. The molecule has 86 valence electrons. The Bertz CT molecular complexity index is 432. The minimum atomic E-state index is -4.39. The summed E-state index contributed by atoms with van der Waals surface area (Å²) in [6.45, 7) is -1.24. The average molecular weight is 294 g/mol. The van der Waals surface area contributed by atoms with Crippen LogP contribution in [0.2, 0.25) is 0 Å². The zero-order chi connectivity index (χ0) is 11.9. The van der Waals surface area contributed by atoms with E-state index in [-0.39, 0.29) is 0 Å². The van der Waals surface area contributed by atoms with E-state index in [1.54, 1.807) is 18.2 Å². The van der Waals surface area contributed by atoms with E-state index in [2.05, 4.69) is 15.9 Å². The Hall–Kier alpha value is -1.04. The maximum absolute atomic E-state index is 12.3. The van der Waals surface area contributed by atoms with Gasteiger partial charge in [-0.05, 0) is 11.6 Å². The van der Waals surface area contributed by atoms with E-state index < -0.39 is 23.6 Å². The van der Waals surface area contributed by atoms with Crippen molar-refractivity contribution < 1.29 is 18.0 Å². The second-order valence-corrected chi connectivity index (χ2v) is 4.34. The van der Waals surface area contributed by atoms with E-state index in [0.29, 0.717) is 11.1 Å². The number of carbonyl (C=O) groups excluding carboxylic acids is 1. The number of alkyl halides is 4. The van der Waals surface area contributed by atoms with E-state index in [1.165, 1.54) is 6.07 Å². The first-order valence-corrected chi connectivity index (χ1v) is 5.42. The van der Waals surface area contributed by atoms with Gasteiger partial charge in [0.15, 0.2) is 0 Å². The number of benzene rings is 1. The minimum Gasteiger partial charge on any atom is -0.313 e. The summed E-state index contributed by atoms with van der Waals surface area (Å²) in [6, 6.07) is 6.50. The molecule has 16 heavy (non-hydrogen) atoms. The molecule has 0 aromatic heterocycles. The zero-order valence-electron chi connectivity index (χ0n) is 7.96. The van der Waals surface area contributed by atoms with Crippen LogP contribution >= 0.6 is 15.9 Å². The Morgan fingerprint density at radius 3 is 2.50 bits per heavy atom. The van der Waals surface area contributed by atoms with Gasteiger partial charge in [-0.25, -0.2) is 0 Å². The highest BCUT2D eigenvalue weighted by Gasteiger charge is 2.41. The summed E-state index contributed by atoms with van der Waals surface area (Å²) in [5.41, 5.74) is 0.908. The van der Waals surface area contributed by atoms with Gasteiger partial charge in [0.05, 0.1) is 0 Å². The standard InChI is InChI=1S/C10H7BrF3NO/c11-8-6-3-1-2-4-7(6)9(16)15(8)5-10(12,13)14/h1-4,8H,5H2. The fourth-order valence-electron chi connectivity index (χ4n) is 1.67. The third-order valence-electron chi connectivity index (χ3n) is 2.33. The van der Waals surface area contributed by atoms with Gasteiger partial charge in [-0.3, -0.25) is 4.79 Å². The lowest BCUT2D eigenvalue weighted by Gasteiger charge is -2.21. The van der Waals surface area contributed by atoms with Gasteiger partial charge >= 0.3 is 6.18 Å². The number of rotatable bonds is 1. The highest BCUT2D eigenvalue weighted by atomic mass is 79.9. The Balaban J connectivity index is 2.32. The van der Waals surface area contributed by atoms with Crippen LogP contribution in [0.1, 0.15) is 20.9 Å². The third kappa shape index (κ3) is 1.93. The van der Waals surface area contributed by atoms with E-state index in [1.807, 2.05) is 0 Å². The minimum absolute atomic E-state index is 0.327. The second-order valence-electron chi connectivity index (χ2n) is 3.47. The normalized spacial score (nSPS) is 20.1. The fraction of sp³-hybridized carbons (Fsp3) is 0.300. The predicted octanol–water partition coefficient (Wildman–Crippen LogP) is 3.10. The molecule has 1 aromatic rings. The molecular weight excluding hydrogens is 287 g/mol. The molecule has 0 aliphatic carbocycles. The summed E-state index contributed by atoms with van der Waals surface area (Å²) in [7, 11) is 0. The van der Waals surface area contributed by atoms with Gasteiger partial charge < -0.3 is 4.90 Å². The quantitative estimate of drug-likeness (QED) is 0.575. The first-order chi connectivity index (χ1) is 7.40. The summed E-state index contributed by atoms with van der Waals surface area (Å²) in [4.78, 5) is 11.8. The topological polar surface area (TPSA) is 20.3 Å². The number of halogens is 4. The van der Waals surface area contributed by atoms with Crippen molar-refractivity contribution >= 4 is 21.8 Å². The Labute approximate surface area is 98.2 Å². The lowest BCUT2D eigenvalue weighted by Crippen LogP contribution is -2.35. The molecule has 1 unspecified atom stereocenters. The first kappa shape index (κ1) is 11.4. The van der Waals surface area contributed by atoms with E-state index in [4.69, 9.17) is 0 Å². The van der Waals surface area contributed by atoms with Gasteiger partial charge in [0, 0.05) is 5.56 Å². The van der Waals surface area contributed by atoms with Crippen LogP contribution in [0, 0.1) is 0 Å². The predicted molar refractivity (Wildman–Crippen MR) is 55.2 cm³/mol. The van der Waals surface area contributed by atoms with Crippen molar-refractivity contribution in [3.8, 4) is 0 Å². The van der Waals surface area contributed by atoms with Crippen molar-refractivity contribution in [1.29, 1.82) is 0 Å². The van der Waals surface area contributed by atoms with Crippen LogP contribution < -0.4 is 0 Å². The van der Waals surface area contributed by atoms with Crippen molar-refractivity contribution in [1.82, 2.24) is 4.90 Å². The molecule has 1 heterocycles. The number of hydrogen-bond acceptors (Lipinski definition) is 1. The van der Waals surface area contributed by atoms with Crippen LogP contribution in [0.4, 0.5) is 13.2 Å². The van der Waals surface area contributed by atoms with Crippen molar-refractivity contribution in [2.75, 3.05) is 6.54 Å². The Morgan fingerprint density at radius 2 is 1.94 bits per heavy atom. The smallest absolute Gasteiger partial charge is 0.313 e. The molecule has 1 amide bonds. The van der Waals surface area contributed by atoms with Crippen LogP contribution in [0.5, 0.6) is 0 Å². The molecule has 1 atom stereocenters. The average Bonchev–Trinajstić information content (AvgIpc) is 2.43. The Kier molecular flexibility index (Phi) is 2.69. The molecule has 0 fully saturated rings. The molecule has 1 aliphatic heterocycles. The molecule has 1 aromatic carbocycles. The maximum Gasteiger partial charge on any atom is 0.406 e. The highest BCUT2D eigenvalue weighted by molar-refractivity contribution is 9.09. The molecule has 6 heteroatoms. The van der Waals surface area contributed by atoms with Crippen molar-refractivity contribution in [3.05, 3.63) is 35.4 Å². The molecule has 2 nitrogen and oxygen atoms in total. The van der Waals surface area contributed by atoms with Crippen LogP contribution in [0.3, 0.4) is 0 Å². The van der Waals surface area contributed by atoms with E-state index in [9.17, 15) is 18.0 Å². The third-order valence-corrected chi connectivity index (χ3v) is 3.32. The van der Waals surface area contributed by atoms with Crippen molar-refractivity contribution in [2.24, 2.45) is 0 Å². The lowest BCUT2D eigenvalue weighted by atomic mass is 10.1. The van der Waals surface area contributed by atoms with Crippen LogP contribution in [-0.2, 0) is 0 Å². The zero-order valence-corrected chi connectivity index (χ0v) is 9.55. The van der Waals surface area contributed by atoms with Crippen LogP contribution in [0.25, 0.3) is 0 Å². The van der Waals surface area contributed by atoms with Crippen molar-refractivity contribution in [2.45, 2.75) is 11.1 Å². The summed E-state index contributed by atoms with van der Waals surface area (Å²) in [6.07, 6.45) is -4.39. The molecule has 0 radical (unpaired) electrons. The molecule has 0 saturated heterocycles. The van der Waals surface area contributed by atoms with E-state index in [0.717, 1.165) is 4.90 Å². The molecule has 1 aliphatic rings. The van der Waals surface area contributed by atoms with Crippen LogP contribution in [-0.4, -0.2) is 23.5 Å². The Morgan fingerprint density at radius 1 is 1.31 bits per heavy atom. The summed E-state index contributed by atoms with van der Waals surface area (Å²) >= 11 is 3.10. The number of amides is 1. The number of nitrogens with zero attached hydrogens (tertiary/aromatic N) is 1. The van der Waals surface area contributed by atoms with Crippen molar-refractivity contribution in [3.63, 3.8) is 0 Å². The molecule has 2 rings (SSSR count). The lowest BCUT2D eigenvalue weighted by molar-refractivity contribution is -0.141. The van der Waals surface area contributed by atoms with Crippen LogP contribution in [0.15, 0.2) is 24.3 Å². The largest absolute Gasteiger partial charge is 0.406 e. The summed E-state index contributed by atoms with van der Waals surface area (Å²) in [5, 5.41) is 0. The molecular formula is C10H7BrF3NO. The first-order valence-electron chi connectivity index (χ1n) is 4.51.